The van der Waals surface area contributed by atoms with Gasteiger partial charge in [0, 0.05) is 16.7 Å². The van der Waals surface area contributed by atoms with E-state index in [1.54, 1.807) is 13.0 Å². The van der Waals surface area contributed by atoms with E-state index in [-0.39, 0.29) is 11.4 Å². The molecule has 21 heavy (non-hydrogen) atoms. The lowest BCUT2D eigenvalue weighted by Crippen LogP contribution is -2.16. The van der Waals surface area contributed by atoms with E-state index < -0.39 is 22.3 Å². The molecular weight excluding hydrogens is 345 g/mol. The van der Waals surface area contributed by atoms with Gasteiger partial charge in [0.05, 0.1) is 4.92 Å². The van der Waals surface area contributed by atoms with E-state index in [0.29, 0.717) is 5.56 Å². The Morgan fingerprint density at radius 3 is 2.76 bits per heavy atom. The largest absolute Gasteiger partial charge is 0.306 e. The minimum absolute atomic E-state index is 0.252. The van der Waals surface area contributed by atoms with E-state index in [1.807, 2.05) is 0 Å². The molecule has 2 rings (SSSR count). The molecule has 0 aliphatic heterocycles. The minimum Gasteiger partial charge on any atom is -0.306 e. The highest BCUT2D eigenvalue weighted by Gasteiger charge is 2.21. The number of carbonyl (C=O) groups is 1. The standard InChI is InChI=1S/C13H9BrFN3O3/c1-7-4-8(14)6-16-12(7)17-13(19)10-5-9(15)2-3-11(10)18(20)21/h2-6H,1H3,(H,16,17,19). The second-order valence-corrected chi connectivity index (χ2v) is 5.11. The number of nitro groups is 1. The van der Waals surface area contributed by atoms with Crippen LogP contribution in [0.4, 0.5) is 15.9 Å². The molecule has 0 unspecified atom stereocenters. The molecule has 0 saturated heterocycles. The van der Waals surface area contributed by atoms with E-state index in [9.17, 15) is 19.3 Å². The molecule has 0 bridgehead atoms. The van der Waals surface area contributed by atoms with Gasteiger partial charge in [-0.15, -0.1) is 0 Å². The first kappa shape index (κ1) is 15.0. The van der Waals surface area contributed by atoms with Crippen LogP contribution in [0.25, 0.3) is 0 Å². The third-order valence-corrected chi connectivity index (χ3v) is 3.11. The van der Waals surface area contributed by atoms with Crippen LogP contribution in [0.1, 0.15) is 15.9 Å². The van der Waals surface area contributed by atoms with E-state index in [1.165, 1.54) is 6.20 Å². The van der Waals surface area contributed by atoms with Gasteiger partial charge in [0.25, 0.3) is 11.6 Å². The number of hydrogen-bond donors (Lipinski definition) is 1. The highest BCUT2D eigenvalue weighted by molar-refractivity contribution is 9.10. The van der Waals surface area contributed by atoms with Crippen molar-refractivity contribution in [1.29, 1.82) is 0 Å². The van der Waals surface area contributed by atoms with Gasteiger partial charge in [0.1, 0.15) is 17.2 Å². The number of aryl methyl sites for hydroxylation is 1. The van der Waals surface area contributed by atoms with Crippen LogP contribution in [0.15, 0.2) is 34.9 Å². The molecule has 1 heterocycles. The van der Waals surface area contributed by atoms with E-state index >= 15 is 0 Å². The summed E-state index contributed by atoms with van der Waals surface area (Å²) in [5.74, 6) is -1.27. The van der Waals surface area contributed by atoms with Gasteiger partial charge in [-0.3, -0.25) is 14.9 Å². The van der Waals surface area contributed by atoms with Crippen molar-refractivity contribution in [2.75, 3.05) is 5.32 Å². The van der Waals surface area contributed by atoms with Crippen LogP contribution in [0.5, 0.6) is 0 Å². The summed E-state index contributed by atoms with van der Waals surface area (Å²) in [6.07, 6.45) is 1.47. The molecule has 0 fully saturated rings. The first-order chi connectivity index (χ1) is 9.88. The normalized spacial score (nSPS) is 10.2. The molecule has 6 nitrogen and oxygen atoms in total. The monoisotopic (exact) mass is 353 g/mol. The number of halogens is 2. The van der Waals surface area contributed by atoms with Crippen molar-refractivity contribution in [3.05, 3.63) is 62.0 Å². The number of hydrogen-bond acceptors (Lipinski definition) is 4. The van der Waals surface area contributed by atoms with Gasteiger partial charge in [0.2, 0.25) is 0 Å². The lowest BCUT2D eigenvalue weighted by Gasteiger charge is -2.08. The summed E-state index contributed by atoms with van der Waals surface area (Å²) in [7, 11) is 0. The number of nitrogens with one attached hydrogen (secondary N) is 1. The number of carbonyl (C=O) groups excluding carboxylic acids is 1. The Kier molecular flexibility index (Phi) is 4.27. The predicted octanol–water partition coefficient (Wildman–Crippen LogP) is 3.45. The Morgan fingerprint density at radius 2 is 2.14 bits per heavy atom. The fourth-order valence-corrected chi connectivity index (χ4v) is 2.14. The maximum Gasteiger partial charge on any atom is 0.282 e. The molecular formula is C13H9BrFN3O3. The summed E-state index contributed by atoms with van der Waals surface area (Å²) >= 11 is 3.23. The molecule has 0 radical (unpaired) electrons. The van der Waals surface area contributed by atoms with Crippen molar-refractivity contribution in [2.45, 2.75) is 6.92 Å². The number of anilines is 1. The van der Waals surface area contributed by atoms with Gasteiger partial charge in [-0.25, -0.2) is 9.37 Å². The summed E-state index contributed by atoms with van der Waals surface area (Å²) in [5, 5.41) is 13.3. The summed E-state index contributed by atoms with van der Waals surface area (Å²) in [4.78, 5) is 26.2. The zero-order chi connectivity index (χ0) is 15.6. The lowest BCUT2D eigenvalue weighted by atomic mass is 10.1. The smallest absolute Gasteiger partial charge is 0.282 e. The molecule has 0 aliphatic rings. The van der Waals surface area contributed by atoms with Crippen LogP contribution >= 0.6 is 15.9 Å². The fourth-order valence-electron chi connectivity index (χ4n) is 1.70. The van der Waals surface area contributed by atoms with Crippen LogP contribution in [0.2, 0.25) is 0 Å². The maximum absolute atomic E-state index is 13.2. The number of benzene rings is 1. The van der Waals surface area contributed by atoms with Gasteiger partial charge in [-0.1, -0.05) is 0 Å². The fraction of sp³-hybridized carbons (Fsp3) is 0.0769. The Hall–Kier alpha value is -2.35. The molecule has 1 amide bonds. The summed E-state index contributed by atoms with van der Waals surface area (Å²) < 4.78 is 13.9. The number of nitrogens with zero attached hydrogens (tertiary/aromatic N) is 2. The van der Waals surface area contributed by atoms with Crippen LogP contribution < -0.4 is 5.32 Å². The van der Waals surface area contributed by atoms with Gasteiger partial charge in [-0.05, 0) is 46.6 Å². The Morgan fingerprint density at radius 1 is 1.43 bits per heavy atom. The average molecular weight is 354 g/mol. The van der Waals surface area contributed by atoms with E-state index in [4.69, 9.17) is 0 Å². The van der Waals surface area contributed by atoms with E-state index in [2.05, 4.69) is 26.2 Å². The molecule has 8 heteroatoms. The van der Waals surface area contributed by atoms with Crippen molar-refractivity contribution in [3.63, 3.8) is 0 Å². The Balaban J connectivity index is 2.36. The van der Waals surface area contributed by atoms with Crippen molar-refractivity contribution in [1.82, 2.24) is 4.98 Å². The van der Waals surface area contributed by atoms with Crippen LogP contribution in [0, 0.1) is 22.9 Å². The number of nitro benzene ring substituents is 1. The molecule has 0 atom stereocenters. The van der Waals surface area contributed by atoms with Crippen molar-refractivity contribution < 1.29 is 14.1 Å². The molecule has 1 N–H and O–H groups in total. The van der Waals surface area contributed by atoms with E-state index in [0.717, 1.165) is 22.7 Å². The number of amides is 1. The second-order valence-electron chi connectivity index (χ2n) is 4.19. The summed E-state index contributed by atoms with van der Waals surface area (Å²) in [5.41, 5.74) is -0.162. The molecule has 108 valence electrons. The highest BCUT2D eigenvalue weighted by atomic mass is 79.9. The zero-order valence-electron chi connectivity index (χ0n) is 10.8. The molecule has 0 aliphatic carbocycles. The van der Waals surface area contributed by atoms with Crippen molar-refractivity contribution >= 4 is 33.3 Å². The van der Waals surface area contributed by atoms with Gasteiger partial charge in [-0.2, -0.15) is 0 Å². The Labute approximate surface area is 127 Å². The first-order valence-corrected chi connectivity index (χ1v) is 6.55. The zero-order valence-corrected chi connectivity index (χ0v) is 12.3. The summed E-state index contributed by atoms with van der Waals surface area (Å²) in [6.45, 7) is 1.72. The number of aromatic nitrogens is 1. The third-order valence-electron chi connectivity index (χ3n) is 2.68. The second kappa shape index (κ2) is 5.96. The maximum atomic E-state index is 13.2. The van der Waals surface area contributed by atoms with Crippen molar-refractivity contribution in [2.24, 2.45) is 0 Å². The van der Waals surface area contributed by atoms with Crippen LogP contribution in [-0.2, 0) is 0 Å². The van der Waals surface area contributed by atoms with Gasteiger partial charge < -0.3 is 5.32 Å². The van der Waals surface area contributed by atoms with Crippen LogP contribution in [-0.4, -0.2) is 15.8 Å². The first-order valence-electron chi connectivity index (χ1n) is 5.76. The molecule has 2 aromatic rings. The highest BCUT2D eigenvalue weighted by Crippen LogP contribution is 2.22. The minimum atomic E-state index is -0.792. The van der Waals surface area contributed by atoms with Crippen molar-refractivity contribution in [3.8, 4) is 0 Å². The Bertz CT molecular complexity index is 737. The predicted molar refractivity (Wildman–Crippen MR) is 77.7 cm³/mol. The average Bonchev–Trinajstić information content (AvgIpc) is 2.41. The molecule has 1 aromatic carbocycles. The number of rotatable bonds is 3. The van der Waals surface area contributed by atoms with Gasteiger partial charge in [0.15, 0.2) is 0 Å². The quantitative estimate of drug-likeness (QED) is 0.676. The topological polar surface area (TPSA) is 85.1 Å². The lowest BCUT2D eigenvalue weighted by molar-refractivity contribution is -0.385. The SMILES string of the molecule is Cc1cc(Br)cnc1NC(=O)c1cc(F)ccc1[N+](=O)[O-]. The third kappa shape index (κ3) is 3.40. The summed E-state index contributed by atoms with van der Waals surface area (Å²) in [6, 6.07) is 4.43. The van der Waals surface area contributed by atoms with Gasteiger partial charge >= 0.3 is 0 Å². The molecule has 1 aromatic heterocycles. The van der Waals surface area contributed by atoms with Crippen LogP contribution in [0.3, 0.4) is 0 Å². The molecule has 0 saturated carbocycles. The number of pyridine rings is 1. The molecule has 0 spiro atoms.